The molecule has 0 saturated heterocycles. The molecule has 0 spiro atoms. The van der Waals surface area contributed by atoms with Gasteiger partial charge in [0.25, 0.3) is 5.91 Å². The smallest absolute Gasteiger partial charge is 0.268 e. The van der Waals surface area contributed by atoms with E-state index < -0.39 is 5.91 Å². The molecule has 0 radical (unpaired) electrons. The van der Waals surface area contributed by atoms with Gasteiger partial charge in [-0.05, 0) is 42.9 Å². The van der Waals surface area contributed by atoms with Gasteiger partial charge >= 0.3 is 0 Å². The van der Waals surface area contributed by atoms with Gasteiger partial charge in [0.1, 0.15) is 5.69 Å². The van der Waals surface area contributed by atoms with Crippen molar-refractivity contribution in [1.82, 2.24) is 9.55 Å². The quantitative estimate of drug-likeness (QED) is 0.582. The number of hydrogen-bond acceptors (Lipinski definition) is 3. The van der Waals surface area contributed by atoms with E-state index in [1.54, 1.807) is 12.5 Å². The molecule has 5 nitrogen and oxygen atoms in total. The van der Waals surface area contributed by atoms with Crippen molar-refractivity contribution in [2.75, 3.05) is 0 Å². The number of ether oxygens (including phenoxy) is 1. The van der Waals surface area contributed by atoms with E-state index in [1.807, 2.05) is 22.8 Å². The Labute approximate surface area is 166 Å². The Balaban J connectivity index is 1.61. The lowest BCUT2D eigenvalue weighted by Crippen LogP contribution is -2.20. The maximum Gasteiger partial charge on any atom is 0.268 e. The standard InChI is InChI=1S/C23H27N3O2/c1-18-8-5-6-11-20(18)12-7-13-21(28-16-19-9-3-2-4-10-19)14-26-15-22(23(24)27)25-17-26/h2-6,8-11,15,17,21H,7,12-14,16H2,1H3,(H2,24,27). The number of nitrogens with zero attached hydrogens (tertiary/aromatic N) is 2. The van der Waals surface area contributed by atoms with Crippen molar-refractivity contribution < 1.29 is 9.53 Å². The molecule has 3 aromatic rings. The molecule has 0 bridgehead atoms. The third kappa shape index (κ3) is 5.79. The molecule has 28 heavy (non-hydrogen) atoms. The van der Waals surface area contributed by atoms with E-state index in [4.69, 9.17) is 10.5 Å². The maximum atomic E-state index is 11.3. The maximum absolute atomic E-state index is 11.3. The highest BCUT2D eigenvalue weighted by Gasteiger charge is 2.13. The molecule has 3 rings (SSSR count). The first-order valence-corrected chi connectivity index (χ1v) is 9.63. The van der Waals surface area contributed by atoms with Gasteiger partial charge in [0.15, 0.2) is 0 Å². The first kappa shape index (κ1) is 19.8. The van der Waals surface area contributed by atoms with E-state index in [1.165, 1.54) is 11.1 Å². The van der Waals surface area contributed by atoms with E-state index >= 15 is 0 Å². The number of nitrogens with two attached hydrogens (primary N) is 1. The van der Waals surface area contributed by atoms with Crippen LogP contribution in [0.25, 0.3) is 0 Å². The highest BCUT2D eigenvalue weighted by atomic mass is 16.5. The van der Waals surface area contributed by atoms with Crippen molar-refractivity contribution in [3.8, 4) is 0 Å². The predicted molar refractivity (Wildman–Crippen MR) is 110 cm³/mol. The second kappa shape index (κ2) is 9.85. The molecule has 0 aliphatic heterocycles. The van der Waals surface area contributed by atoms with Crippen LogP contribution in [-0.2, 0) is 24.3 Å². The summed E-state index contributed by atoms with van der Waals surface area (Å²) in [6, 6.07) is 18.6. The van der Waals surface area contributed by atoms with E-state index in [-0.39, 0.29) is 11.8 Å². The third-order valence-corrected chi connectivity index (χ3v) is 4.86. The fraction of sp³-hybridized carbons (Fsp3) is 0.304. The highest BCUT2D eigenvalue weighted by molar-refractivity contribution is 5.90. The summed E-state index contributed by atoms with van der Waals surface area (Å²) < 4.78 is 8.08. The number of amides is 1. The normalized spacial score (nSPS) is 12.0. The number of carbonyl (C=O) groups excluding carboxylic acids is 1. The minimum Gasteiger partial charge on any atom is -0.372 e. The minimum atomic E-state index is -0.514. The summed E-state index contributed by atoms with van der Waals surface area (Å²) in [5, 5.41) is 0. The zero-order chi connectivity index (χ0) is 19.8. The van der Waals surface area contributed by atoms with Crippen LogP contribution in [0.5, 0.6) is 0 Å². The van der Waals surface area contributed by atoms with Crippen LogP contribution < -0.4 is 5.73 Å². The molecule has 1 amide bonds. The van der Waals surface area contributed by atoms with Crippen LogP contribution in [0.3, 0.4) is 0 Å². The van der Waals surface area contributed by atoms with Gasteiger partial charge in [-0.1, -0.05) is 54.6 Å². The molecule has 0 saturated carbocycles. The van der Waals surface area contributed by atoms with Crippen LogP contribution in [0, 0.1) is 6.92 Å². The van der Waals surface area contributed by atoms with Gasteiger partial charge in [-0.25, -0.2) is 4.98 Å². The van der Waals surface area contributed by atoms with Gasteiger partial charge in [0.2, 0.25) is 0 Å². The number of aryl methyl sites for hydroxylation is 2. The number of imidazole rings is 1. The molecule has 5 heteroatoms. The Bertz CT molecular complexity index is 890. The zero-order valence-corrected chi connectivity index (χ0v) is 16.3. The lowest BCUT2D eigenvalue weighted by molar-refractivity contribution is 0.0225. The van der Waals surface area contributed by atoms with Crippen LogP contribution in [0.4, 0.5) is 0 Å². The van der Waals surface area contributed by atoms with Gasteiger partial charge in [-0.15, -0.1) is 0 Å². The number of rotatable bonds is 10. The zero-order valence-electron chi connectivity index (χ0n) is 16.3. The Kier molecular flexibility index (Phi) is 6.98. The molecule has 0 fully saturated rings. The van der Waals surface area contributed by atoms with Crippen LogP contribution in [0.2, 0.25) is 0 Å². The fourth-order valence-electron chi connectivity index (χ4n) is 3.25. The van der Waals surface area contributed by atoms with E-state index in [9.17, 15) is 4.79 Å². The Morgan fingerprint density at radius 2 is 1.89 bits per heavy atom. The number of primary amides is 1. The van der Waals surface area contributed by atoms with Crippen molar-refractivity contribution in [3.05, 3.63) is 89.5 Å². The predicted octanol–water partition coefficient (Wildman–Crippen LogP) is 3.90. The molecular weight excluding hydrogens is 350 g/mol. The molecule has 1 atom stereocenters. The van der Waals surface area contributed by atoms with Gasteiger partial charge in [0, 0.05) is 12.7 Å². The molecule has 1 unspecified atom stereocenters. The molecule has 2 N–H and O–H groups in total. The first-order valence-electron chi connectivity index (χ1n) is 9.63. The molecule has 2 aromatic carbocycles. The van der Waals surface area contributed by atoms with Gasteiger partial charge in [-0.2, -0.15) is 0 Å². The Hall–Kier alpha value is -2.92. The minimum absolute atomic E-state index is 0.0270. The summed E-state index contributed by atoms with van der Waals surface area (Å²) >= 11 is 0. The number of benzene rings is 2. The van der Waals surface area contributed by atoms with Crippen molar-refractivity contribution >= 4 is 5.91 Å². The molecule has 146 valence electrons. The lowest BCUT2D eigenvalue weighted by atomic mass is 10.0. The second-order valence-corrected chi connectivity index (χ2v) is 7.06. The summed E-state index contributed by atoms with van der Waals surface area (Å²) in [6.45, 7) is 3.35. The average molecular weight is 377 g/mol. The van der Waals surface area contributed by atoms with E-state index in [2.05, 4.69) is 48.3 Å². The van der Waals surface area contributed by atoms with Crippen molar-refractivity contribution in [2.24, 2.45) is 5.73 Å². The van der Waals surface area contributed by atoms with Gasteiger partial charge in [0.05, 0.1) is 19.0 Å². The Morgan fingerprint density at radius 1 is 1.14 bits per heavy atom. The van der Waals surface area contributed by atoms with Crippen molar-refractivity contribution in [3.63, 3.8) is 0 Å². The molecule has 1 heterocycles. The summed E-state index contributed by atoms with van der Waals surface area (Å²) in [5.41, 5.74) is 9.43. The highest BCUT2D eigenvalue weighted by Crippen LogP contribution is 2.15. The topological polar surface area (TPSA) is 70.1 Å². The van der Waals surface area contributed by atoms with Gasteiger partial charge in [-0.3, -0.25) is 4.79 Å². The van der Waals surface area contributed by atoms with Crippen molar-refractivity contribution in [1.29, 1.82) is 0 Å². The lowest BCUT2D eigenvalue weighted by Gasteiger charge is -2.19. The number of hydrogen-bond donors (Lipinski definition) is 1. The third-order valence-electron chi connectivity index (χ3n) is 4.86. The van der Waals surface area contributed by atoms with Gasteiger partial charge < -0.3 is 15.0 Å². The molecule has 0 aliphatic carbocycles. The number of aromatic nitrogens is 2. The van der Waals surface area contributed by atoms with Crippen LogP contribution >= 0.6 is 0 Å². The van der Waals surface area contributed by atoms with E-state index in [0.717, 1.165) is 24.8 Å². The molecule has 0 aliphatic rings. The Morgan fingerprint density at radius 3 is 2.61 bits per heavy atom. The first-order chi connectivity index (χ1) is 13.6. The van der Waals surface area contributed by atoms with Crippen LogP contribution in [0.15, 0.2) is 67.1 Å². The summed E-state index contributed by atoms with van der Waals surface area (Å²) in [4.78, 5) is 15.3. The monoisotopic (exact) mass is 377 g/mol. The largest absolute Gasteiger partial charge is 0.372 e. The second-order valence-electron chi connectivity index (χ2n) is 7.06. The fourth-order valence-corrected chi connectivity index (χ4v) is 3.25. The van der Waals surface area contributed by atoms with Crippen molar-refractivity contribution in [2.45, 2.75) is 45.4 Å². The molecular formula is C23H27N3O2. The average Bonchev–Trinajstić information content (AvgIpc) is 3.17. The van der Waals surface area contributed by atoms with Crippen LogP contribution in [-0.4, -0.2) is 21.6 Å². The SMILES string of the molecule is Cc1ccccc1CCCC(Cn1cnc(C(N)=O)c1)OCc1ccccc1. The molecule has 1 aromatic heterocycles. The summed E-state index contributed by atoms with van der Waals surface area (Å²) in [6.07, 6.45) is 6.32. The van der Waals surface area contributed by atoms with Crippen LogP contribution in [0.1, 0.15) is 40.0 Å². The summed E-state index contributed by atoms with van der Waals surface area (Å²) in [7, 11) is 0. The number of carbonyl (C=O) groups is 1. The van der Waals surface area contributed by atoms with E-state index in [0.29, 0.717) is 13.2 Å². The summed E-state index contributed by atoms with van der Waals surface area (Å²) in [5.74, 6) is -0.514.